The molecule has 0 fully saturated rings. The van der Waals surface area contributed by atoms with E-state index >= 15 is 0 Å². The number of nitrogen functional groups attached to an aromatic ring is 1. The second-order valence-corrected chi connectivity index (χ2v) is 3.00. The van der Waals surface area contributed by atoms with Crippen molar-refractivity contribution in [3.05, 3.63) is 30.7 Å². The van der Waals surface area contributed by atoms with Gasteiger partial charge in [0, 0.05) is 24.5 Å². The van der Waals surface area contributed by atoms with Crippen LogP contribution in [-0.4, -0.2) is 14.8 Å². The molecule has 0 unspecified atom stereocenters. The topological polar surface area (TPSA) is 56.7 Å². The molecule has 2 aromatic heterocycles. The zero-order chi connectivity index (χ0) is 9.97. The van der Waals surface area contributed by atoms with Crippen molar-refractivity contribution in [3.8, 4) is 11.3 Å². The standard InChI is InChI=1S/C10H12N4/c1-2-14-10(4-6-13-14)8-3-5-12-7-9(8)11/h3-7H,2,11H2,1H3. The maximum atomic E-state index is 5.83. The number of hydrogen-bond donors (Lipinski definition) is 1. The Morgan fingerprint density at radius 3 is 2.93 bits per heavy atom. The number of rotatable bonds is 2. The number of nitrogens with zero attached hydrogens (tertiary/aromatic N) is 3. The fraction of sp³-hybridized carbons (Fsp3) is 0.200. The van der Waals surface area contributed by atoms with Crippen LogP contribution in [0.2, 0.25) is 0 Å². The van der Waals surface area contributed by atoms with E-state index in [0.717, 1.165) is 17.8 Å². The predicted octanol–water partition coefficient (Wildman–Crippen LogP) is 1.55. The van der Waals surface area contributed by atoms with E-state index in [2.05, 4.69) is 10.1 Å². The first-order valence-corrected chi connectivity index (χ1v) is 4.54. The van der Waals surface area contributed by atoms with E-state index in [-0.39, 0.29) is 0 Å². The highest BCUT2D eigenvalue weighted by molar-refractivity contribution is 5.72. The van der Waals surface area contributed by atoms with Gasteiger partial charge in [-0.25, -0.2) is 0 Å². The molecule has 0 amide bonds. The van der Waals surface area contributed by atoms with Gasteiger partial charge < -0.3 is 5.73 Å². The van der Waals surface area contributed by atoms with Gasteiger partial charge in [0.1, 0.15) is 0 Å². The second kappa shape index (κ2) is 3.49. The summed E-state index contributed by atoms with van der Waals surface area (Å²) < 4.78 is 1.91. The van der Waals surface area contributed by atoms with Crippen LogP contribution in [0.3, 0.4) is 0 Å². The summed E-state index contributed by atoms with van der Waals surface area (Å²) in [5.41, 5.74) is 8.53. The number of aryl methyl sites for hydroxylation is 1. The van der Waals surface area contributed by atoms with Crippen molar-refractivity contribution in [3.63, 3.8) is 0 Å². The maximum Gasteiger partial charge on any atom is 0.0703 e. The Labute approximate surface area is 82.4 Å². The third kappa shape index (κ3) is 1.35. The van der Waals surface area contributed by atoms with Crippen molar-refractivity contribution < 1.29 is 0 Å². The average Bonchev–Trinajstić information content (AvgIpc) is 2.66. The van der Waals surface area contributed by atoms with Gasteiger partial charge in [-0.1, -0.05) is 0 Å². The Kier molecular flexibility index (Phi) is 2.18. The minimum atomic E-state index is 0.683. The molecule has 0 bridgehead atoms. The largest absolute Gasteiger partial charge is 0.397 e. The molecule has 0 spiro atoms. The molecule has 0 saturated carbocycles. The first-order chi connectivity index (χ1) is 6.83. The van der Waals surface area contributed by atoms with Gasteiger partial charge in [-0.2, -0.15) is 5.10 Å². The number of anilines is 1. The van der Waals surface area contributed by atoms with Crippen molar-refractivity contribution in [1.82, 2.24) is 14.8 Å². The van der Waals surface area contributed by atoms with Gasteiger partial charge in [0.2, 0.25) is 0 Å². The molecule has 0 aliphatic heterocycles. The van der Waals surface area contributed by atoms with Gasteiger partial charge in [-0.3, -0.25) is 9.67 Å². The molecule has 72 valence electrons. The van der Waals surface area contributed by atoms with Gasteiger partial charge in [-0.15, -0.1) is 0 Å². The molecule has 2 N–H and O–H groups in total. The molecule has 0 aliphatic rings. The van der Waals surface area contributed by atoms with Gasteiger partial charge in [-0.05, 0) is 19.1 Å². The number of nitrogens with two attached hydrogens (primary N) is 1. The van der Waals surface area contributed by atoms with Crippen LogP contribution in [-0.2, 0) is 6.54 Å². The first-order valence-electron chi connectivity index (χ1n) is 4.54. The third-order valence-corrected chi connectivity index (χ3v) is 2.14. The van der Waals surface area contributed by atoms with Crippen molar-refractivity contribution in [1.29, 1.82) is 0 Å². The van der Waals surface area contributed by atoms with Gasteiger partial charge in [0.05, 0.1) is 17.6 Å². The Morgan fingerprint density at radius 2 is 2.21 bits per heavy atom. The zero-order valence-corrected chi connectivity index (χ0v) is 8.01. The molecule has 2 rings (SSSR count). The van der Waals surface area contributed by atoms with Crippen LogP contribution in [0, 0.1) is 0 Å². The van der Waals surface area contributed by atoms with E-state index in [1.54, 1.807) is 18.6 Å². The van der Waals surface area contributed by atoms with Crippen molar-refractivity contribution in [2.45, 2.75) is 13.5 Å². The number of pyridine rings is 1. The van der Waals surface area contributed by atoms with Crippen LogP contribution in [0.1, 0.15) is 6.92 Å². The fourth-order valence-corrected chi connectivity index (χ4v) is 1.45. The summed E-state index contributed by atoms with van der Waals surface area (Å²) in [6, 6.07) is 3.85. The van der Waals surface area contributed by atoms with Crippen molar-refractivity contribution >= 4 is 5.69 Å². The summed E-state index contributed by atoms with van der Waals surface area (Å²) in [4.78, 5) is 3.96. The summed E-state index contributed by atoms with van der Waals surface area (Å²) in [6.07, 6.45) is 5.17. The summed E-state index contributed by atoms with van der Waals surface area (Å²) in [5, 5.41) is 4.19. The molecule has 14 heavy (non-hydrogen) atoms. The van der Waals surface area contributed by atoms with Crippen LogP contribution in [0.5, 0.6) is 0 Å². The molecule has 4 heteroatoms. The number of hydrogen-bond acceptors (Lipinski definition) is 3. The van der Waals surface area contributed by atoms with E-state index in [0.29, 0.717) is 5.69 Å². The lowest BCUT2D eigenvalue weighted by molar-refractivity contribution is 0.667. The van der Waals surface area contributed by atoms with Gasteiger partial charge in [0.25, 0.3) is 0 Å². The molecule has 0 radical (unpaired) electrons. The fourth-order valence-electron chi connectivity index (χ4n) is 1.45. The second-order valence-electron chi connectivity index (χ2n) is 3.00. The van der Waals surface area contributed by atoms with E-state index in [9.17, 15) is 0 Å². The Balaban J connectivity index is 2.54. The van der Waals surface area contributed by atoms with E-state index in [1.807, 2.05) is 23.7 Å². The first kappa shape index (κ1) is 8.74. The lowest BCUT2D eigenvalue weighted by atomic mass is 10.1. The monoisotopic (exact) mass is 188 g/mol. The van der Waals surface area contributed by atoms with Crippen molar-refractivity contribution in [2.24, 2.45) is 0 Å². The van der Waals surface area contributed by atoms with E-state index < -0.39 is 0 Å². The molecular weight excluding hydrogens is 176 g/mol. The van der Waals surface area contributed by atoms with Gasteiger partial charge in [0.15, 0.2) is 0 Å². The SMILES string of the molecule is CCn1nccc1-c1ccncc1N. The van der Waals surface area contributed by atoms with Crippen LogP contribution in [0.4, 0.5) is 5.69 Å². The molecule has 0 atom stereocenters. The molecule has 0 aromatic carbocycles. The molecule has 2 heterocycles. The normalized spacial score (nSPS) is 10.4. The molecule has 4 nitrogen and oxygen atoms in total. The average molecular weight is 188 g/mol. The quantitative estimate of drug-likeness (QED) is 0.777. The maximum absolute atomic E-state index is 5.83. The zero-order valence-electron chi connectivity index (χ0n) is 8.01. The van der Waals surface area contributed by atoms with Crippen LogP contribution in [0.25, 0.3) is 11.3 Å². The smallest absolute Gasteiger partial charge is 0.0703 e. The Morgan fingerprint density at radius 1 is 1.36 bits per heavy atom. The van der Waals surface area contributed by atoms with Crippen LogP contribution >= 0.6 is 0 Å². The number of aromatic nitrogens is 3. The summed E-state index contributed by atoms with van der Waals surface area (Å²) in [5.74, 6) is 0. The van der Waals surface area contributed by atoms with Crippen molar-refractivity contribution in [2.75, 3.05) is 5.73 Å². The van der Waals surface area contributed by atoms with Crippen LogP contribution in [0.15, 0.2) is 30.7 Å². The lowest BCUT2D eigenvalue weighted by Crippen LogP contribution is -2.00. The Bertz CT molecular complexity index is 433. The molecular formula is C10H12N4. The summed E-state index contributed by atoms with van der Waals surface area (Å²) in [7, 11) is 0. The minimum absolute atomic E-state index is 0.683. The Hall–Kier alpha value is -1.84. The highest BCUT2D eigenvalue weighted by atomic mass is 15.3. The molecule has 2 aromatic rings. The van der Waals surface area contributed by atoms with E-state index in [1.165, 1.54) is 0 Å². The lowest BCUT2D eigenvalue weighted by Gasteiger charge is -2.06. The van der Waals surface area contributed by atoms with E-state index in [4.69, 9.17) is 5.73 Å². The molecule has 0 saturated heterocycles. The highest BCUT2D eigenvalue weighted by Gasteiger charge is 2.06. The molecule has 0 aliphatic carbocycles. The van der Waals surface area contributed by atoms with Gasteiger partial charge >= 0.3 is 0 Å². The van der Waals surface area contributed by atoms with Crippen LogP contribution < -0.4 is 5.73 Å². The third-order valence-electron chi connectivity index (χ3n) is 2.14. The predicted molar refractivity (Wildman–Crippen MR) is 55.5 cm³/mol. The highest BCUT2D eigenvalue weighted by Crippen LogP contribution is 2.23. The summed E-state index contributed by atoms with van der Waals surface area (Å²) >= 11 is 0. The summed E-state index contributed by atoms with van der Waals surface area (Å²) in [6.45, 7) is 2.89. The minimum Gasteiger partial charge on any atom is -0.397 e.